The van der Waals surface area contributed by atoms with Crippen LogP contribution in [-0.4, -0.2) is 36.3 Å². The number of anilines is 1. The molecule has 11 heteroatoms. The van der Waals surface area contributed by atoms with E-state index in [2.05, 4.69) is 15.6 Å². The van der Waals surface area contributed by atoms with Gasteiger partial charge in [0.15, 0.2) is 0 Å². The van der Waals surface area contributed by atoms with Crippen LogP contribution >= 0.6 is 0 Å². The number of aromatic nitrogens is 2. The van der Waals surface area contributed by atoms with Crippen molar-refractivity contribution in [1.29, 1.82) is 0 Å². The summed E-state index contributed by atoms with van der Waals surface area (Å²) in [6.07, 6.45) is 0. The van der Waals surface area contributed by atoms with E-state index in [0.29, 0.717) is 23.3 Å². The number of rotatable bonds is 3. The minimum Gasteiger partial charge on any atom is -0.349 e. The number of amides is 2. The summed E-state index contributed by atoms with van der Waals surface area (Å²) in [5, 5.41) is 11.0. The Kier molecular flexibility index (Phi) is 4.35. The first-order chi connectivity index (χ1) is 13.6. The molecular weight excluding hydrogens is 401 g/mol. The quantitative estimate of drug-likeness (QED) is 0.591. The van der Waals surface area contributed by atoms with Gasteiger partial charge in [0.1, 0.15) is 27.7 Å². The van der Waals surface area contributed by atoms with Gasteiger partial charge in [-0.1, -0.05) is 0 Å². The van der Waals surface area contributed by atoms with Crippen molar-refractivity contribution < 1.29 is 22.4 Å². The molecule has 4 rings (SSSR count). The molecule has 0 bridgehead atoms. The first-order valence-corrected chi connectivity index (χ1v) is 10.1. The Hall–Kier alpha value is -3.31. The molecule has 2 aromatic heterocycles. The molecule has 1 atom stereocenters. The van der Waals surface area contributed by atoms with Crippen LogP contribution in [0.1, 0.15) is 33.9 Å². The topological polar surface area (TPSA) is 136 Å². The highest BCUT2D eigenvalue weighted by molar-refractivity contribution is 7.89. The van der Waals surface area contributed by atoms with Crippen LogP contribution in [0.4, 0.5) is 10.1 Å². The summed E-state index contributed by atoms with van der Waals surface area (Å²) in [6.45, 7) is 2.34. The molecule has 3 heterocycles. The number of sulfonamides is 1. The highest BCUT2D eigenvalue weighted by atomic mass is 32.2. The summed E-state index contributed by atoms with van der Waals surface area (Å²) in [4.78, 5) is 28.6. The number of nitrogens with one attached hydrogen (secondary N) is 2. The Morgan fingerprint density at radius 2 is 2.07 bits per heavy atom. The molecule has 1 aromatic carbocycles. The van der Waals surface area contributed by atoms with Crippen molar-refractivity contribution >= 4 is 38.6 Å². The fourth-order valence-electron chi connectivity index (χ4n) is 3.29. The van der Waals surface area contributed by atoms with E-state index in [0.717, 1.165) is 18.2 Å². The number of nitrogens with two attached hydrogens (primary N) is 1. The lowest BCUT2D eigenvalue weighted by Crippen LogP contribution is -2.37. The Morgan fingerprint density at radius 1 is 1.31 bits per heavy atom. The molecule has 0 saturated carbocycles. The van der Waals surface area contributed by atoms with Crippen molar-refractivity contribution in [2.24, 2.45) is 5.14 Å². The largest absolute Gasteiger partial charge is 0.349 e. The minimum absolute atomic E-state index is 0.00118. The maximum atomic E-state index is 13.4. The molecule has 0 fully saturated rings. The van der Waals surface area contributed by atoms with Crippen LogP contribution in [0, 0.1) is 5.82 Å². The summed E-state index contributed by atoms with van der Waals surface area (Å²) in [5.41, 5.74) is 0.742. The zero-order valence-electron chi connectivity index (χ0n) is 15.1. The van der Waals surface area contributed by atoms with Crippen molar-refractivity contribution in [2.45, 2.75) is 17.9 Å². The van der Waals surface area contributed by atoms with Crippen LogP contribution < -0.4 is 15.8 Å². The van der Waals surface area contributed by atoms with E-state index in [1.54, 1.807) is 16.7 Å². The third-order valence-corrected chi connectivity index (χ3v) is 5.60. The van der Waals surface area contributed by atoms with Gasteiger partial charge in [-0.25, -0.2) is 22.9 Å². The van der Waals surface area contributed by atoms with Gasteiger partial charge in [0, 0.05) is 11.9 Å². The van der Waals surface area contributed by atoms with Gasteiger partial charge in [-0.3, -0.25) is 9.59 Å². The zero-order valence-corrected chi connectivity index (χ0v) is 16.0. The van der Waals surface area contributed by atoms with Gasteiger partial charge in [0.25, 0.3) is 11.8 Å². The number of fused-ring (bicyclic) bond motifs is 3. The van der Waals surface area contributed by atoms with Gasteiger partial charge in [-0.2, -0.15) is 0 Å². The van der Waals surface area contributed by atoms with Gasteiger partial charge >= 0.3 is 0 Å². The van der Waals surface area contributed by atoms with Crippen LogP contribution in [-0.2, 0) is 10.0 Å². The summed E-state index contributed by atoms with van der Waals surface area (Å²) >= 11 is 0. The fraction of sp³-hybridized carbons (Fsp3) is 0.167. The van der Waals surface area contributed by atoms with E-state index in [-0.39, 0.29) is 23.3 Å². The summed E-state index contributed by atoms with van der Waals surface area (Å²) in [6, 6.07) is 7.57. The van der Waals surface area contributed by atoms with Crippen molar-refractivity contribution in [2.75, 3.05) is 11.9 Å². The van der Waals surface area contributed by atoms with E-state index in [1.165, 1.54) is 6.07 Å². The van der Waals surface area contributed by atoms with Crippen LogP contribution in [0.5, 0.6) is 0 Å². The summed E-state index contributed by atoms with van der Waals surface area (Å²) < 4.78 is 38.6. The Bertz CT molecular complexity index is 1280. The van der Waals surface area contributed by atoms with Gasteiger partial charge in [-0.05, 0) is 43.3 Å². The number of primary sulfonamides is 1. The first kappa shape index (κ1) is 19.0. The SMILES string of the molecule is C[C@@H]1CNC(=O)c2cc3ccc(C(=O)Nc4ccc(F)cc4S(N)(=O)=O)nc3n21. The van der Waals surface area contributed by atoms with Crippen molar-refractivity contribution in [3.8, 4) is 0 Å². The van der Waals surface area contributed by atoms with E-state index < -0.39 is 26.6 Å². The highest BCUT2D eigenvalue weighted by Crippen LogP contribution is 2.26. The second-order valence-electron chi connectivity index (χ2n) is 6.71. The Balaban J connectivity index is 1.74. The molecule has 9 nitrogen and oxygen atoms in total. The lowest BCUT2D eigenvalue weighted by Gasteiger charge is -2.23. The number of benzene rings is 1. The third kappa shape index (κ3) is 3.34. The Labute approximate surface area is 164 Å². The number of carbonyl (C=O) groups is 2. The molecule has 0 saturated heterocycles. The van der Waals surface area contributed by atoms with Crippen LogP contribution in [0.15, 0.2) is 41.3 Å². The average Bonchev–Trinajstić information content (AvgIpc) is 3.05. The Morgan fingerprint density at radius 3 is 2.79 bits per heavy atom. The fourth-order valence-corrected chi connectivity index (χ4v) is 3.99. The van der Waals surface area contributed by atoms with Crippen molar-refractivity contribution in [3.63, 3.8) is 0 Å². The second-order valence-corrected chi connectivity index (χ2v) is 8.24. The predicted octanol–water partition coefficient (Wildman–Crippen LogP) is 1.38. The number of carbonyl (C=O) groups excluding carboxylic acids is 2. The molecule has 3 aromatic rings. The molecule has 0 unspecified atom stereocenters. The molecule has 2 amide bonds. The number of hydrogen-bond donors (Lipinski definition) is 3. The molecule has 1 aliphatic heterocycles. The maximum absolute atomic E-state index is 13.4. The van der Waals surface area contributed by atoms with Crippen molar-refractivity contribution in [1.82, 2.24) is 14.9 Å². The monoisotopic (exact) mass is 417 g/mol. The lowest BCUT2D eigenvalue weighted by atomic mass is 10.2. The molecule has 0 aliphatic carbocycles. The molecule has 150 valence electrons. The van der Waals surface area contributed by atoms with E-state index >= 15 is 0 Å². The van der Waals surface area contributed by atoms with Crippen molar-refractivity contribution in [3.05, 3.63) is 53.6 Å². The normalized spacial score (nSPS) is 16.4. The van der Waals surface area contributed by atoms with Crippen LogP contribution in [0.25, 0.3) is 11.0 Å². The molecule has 29 heavy (non-hydrogen) atoms. The number of pyridine rings is 1. The number of hydrogen-bond acceptors (Lipinski definition) is 5. The van der Waals surface area contributed by atoms with Gasteiger partial charge in [-0.15, -0.1) is 0 Å². The molecule has 1 aliphatic rings. The lowest BCUT2D eigenvalue weighted by molar-refractivity contribution is 0.0918. The van der Waals surface area contributed by atoms with Crippen LogP contribution in [0.2, 0.25) is 0 Å². The third-order valence-electron chi connectivity index (χ3n) is 4.65. The number of nitrogens with zero attached hydrogens (tertiary/aromatic N) is 2. The molecule has 0 radical (unpaired) electrons. The van der Waals surface area contributed by atoms with E-state index in [4.69, 9.17) is 5.14 Å². The smallest absolute Gasteiger partial charge is 0.274 e. The van der Waals surface area contributed by atoms with E-state index in [1.807, 2.05) is 6.92 Å². The minimum atomic E-state index is -4.26. The standard InChI is InChI=1S/C18H16FN5O4S/c1-9-8-21-18(26)14-6-10-2-4-13(22-16(10)24(9)14)17(25)23-12-5-3-11(19)7-15(12)29(20,27)28/h2-7,9H,8H2,1H3,(H,21,26)(H,23,25)(H2,20,27,28)/t9-/m1/s1. The van der Waals surface area contributed by atoms with E-state index in [9.17, 15) is 22.4 Å². The van der Waals surface area contributed by atoms with Crippen LogP contribution in [0.3, 0.4) is 0 Å². The summed E-state index contributed by atoms with van der Waals surface area (Å²) in [7, 11) is -4.26. The second kappa shape index (κ2) is 6.64. The number of halogens is 1. The maximum Gasteiger partial charge on any atom is 0.274 e. The summed E-state index contributed by atoms with van der Waals surface area (Å²) in [5.74, 6) is -1.73. The van der Waals surface area contributed by atoms with Gasteiger partial charge in [0.05, 0.1) is 11.7 Å². The highest BCUT2D eigenvalue weighted by Gasteiger charge is 2.26. The molecular formula is C18H16FN5O4S. The first-order valence-electron chi connectivity index (χ1n) is 8.59. The molecule has 0 spiro atoms. The predicted molar refractivity (Wildman–Crippen MR) is 103 cm³/mol. The molecule has 4 N–H and O–H groups in total. The average molecular weight is 417 g/mol. The van der Waals surface area contributed by atoms with Gasteiger partial charge < -0.3 is 15.2 Å². The van der Waals surface area contributed by atoms with Gasteiger partial charge in [0.2, 0.25) is 10.0 Å². The zero-order chi connectivity index (χ0) is 20.9.